The zero-order valence-corrected chi connectivity index (χ0v) is 11.5. The largest absolute Gasteiger partial charge is 0.481 e. The van der Waals surface area contributed by atoms with Gasteiger partial charge in [0.1, 0.15) is 6.61 Å². The molecule has 2 N–H and O–H groups in total. The van der Waals surface area contributed by atoms with Crippen LogP contribution in [0.15, 0.2) is 0 Å². The van der Waals surface area contributed by atoms with E-state index in [4.69, 9.17) is 14.6 Å². The summed E-state index contributed by atoms with van der Waals surface area (Å²) in [7, 11) is 0. The fourth-order valence-electron chi connectivity index (χ4n) is 2.51. The summed E-state index contributed by atoms with van der Waals surface area (Å²) in [6.07, 6.45) is 1.52. The number of carbonyl (C=O) groups excluding carboxylic acids is 1. The first-order valence-electron chi connectivity index (χ1n) is 7.08. The summed E-state index contributed by atoms with van der Waals surface area (Å²) in [5.74, 6) is -0.988. The average molecular weight is 286 g/mol. The fourth-order valence-corrected chi connectivity index (χ4v) is 2.51. The third-order valence-electron chi connectivity index (χ3n) is 3.62. The van der Waals surface area contributed by atoms with E-state index in [0.717, 1.165) is 25.9 Å². The van der Waals surface area contributed by atoms with Crippen molar-refractivity contribution in [3.8, 4) is 0 Å². The fraction of sp³-hybridized carbons (Fsp3) is 0.846. The van der Waals surface area contributed by atoms with E-state index in [1.807, 2.05) is 0 Å². The van der Waals surface area contributed by atoms with E-state index < -0.39 is 12.1 Å². The monoisotopic (exact) mass is 286 g/mol. The van der Waals surface area contributed by atoms with Gasteiger partial charge in [-0.2, -0.15) is 0 Å². The van der Waals surface area contributed by atoms with Gasteiger partial charge in [0.25, 0.3) is 0 Å². The lowest BCUT2D eigenvalue weighted by molar-refractivity contribution is -0.151. The van der Waals surface area contributed by atoms with Crippen LogP contribution in [0.2, 0.25) is 0 Å². The van der Waals surface area contributed by atoms with Crippen molar-refractivity contribution in [1.29, 1.82) is 0 Å². The van der Waals surface area contributed by atoms with Gasteiger partial charge in [0.05, 0.1) is 25.2 Å². The molecule has 20 heavy (non-hydrogen) atoms. The smallest absolute Gasteiger partial charge is 0.306 e. The molecule has 1 unspecified atom stereocenters. The molecule has 2 rings (SSSR count). The predicted octanol–water partition coefficient (Wildman–Crippen LogP) is -0.543. The summed E-state index contributed by atoms with van der Waals surface area (Å²) in [6, 6.07) is 0. The second kappa shape index (κ2) is 7.56. The molecular weight excluding hydrogens is 264 g/mol. The molecule has 2 heterocycles. The van der Waals surface area contributed by atoms with Crippen LogP contribution in [0.1, 0.15) is 19.3 Å². The maximum Gasteiger partial charge on any atom is 0.306 e. The number of hydrogen-bond acceptors (Lipinski definition) is 5. The summed E-state index contributed by atoms with van der Waals surface area (Å²) in [4.78, 5) is 24.4. The number of carbonyl (C=O) groups is 2. The van der Waals surface area contributed by atoms with Crippen LogP contribution in [0.4, 0.5) is 0 Å². The van der Waals surface area contributed by atoms with Gasteiger partial charge in [0.15, 0.2) is 0 Å². The minimum Gasteiger partial charge on any atom is -0.481 e. The molecule has 0 aromatic heterocycles. The van der Waals surface area contributed by atoms with Gasteiger partial charge in [-0.1, -0.05) is 0 Å². The normalized spacial score (nSPS) is 24.6. The molecule has 0 radical (unpaired) electrons. The lowest BCUT2D eigenvalue weighted by Gasteiger charge is -2.33. The lowest BCUT2D eigenvalue weighted by Crippen LogP contribution is -2.48. The molecule has 2 aliphatic rings. The second-order valence-electron chi connectivity index (χ2n) is 5.19. The molecule has 0 aromatic rings. The lowest BCUT2D eigenvalue weighted by atomic mass is 10.1. The van der Waals surface area contributed by atoms with Crippen molar-refractivity contribution in [3.05, 3.63) is 0 Å². The molecule has 2 aliphatic heterocycles. The molecule has 2 saturated heterocycles. The number of nitrogens with zero attached hydrogens (tertiary/aromatic N) is 1. The minimum atomic E-state index is -0.907. The number of morpholine rings is 1. The Kier molecular flexibility index (Phi) is 5.75. The molecule has 114 valence electrons. The number of amides is 1. The standard InChI is InChI=1S/C13H22N2O5/c16-12(9-20-10-1-3-14-4-2-10)15-5-6-19-11(8-15)7-13(17)18/h10-11,14H,1-9H2,(H,17,18). The van der Waals surface area contributed by atoms with Gasteiger partial charge in [-0.05, 0) is 25.9 Å². The Hall–Kier alpha value is -1.18. The van der Waals surface area contributed by atoms with Gasteiger partial charge >= 0.3 is 5.97 Å². The van der Waals surface area contributed by atoms with Crippen molar-refractivity contribution in [1.82, 2.24) is 10.2 Å². The van der Waals surface area contributed by atoms with E-state index in [2.05, 4.69) is 5.32 Å². The number of aliphatic carboxylic acids is 1. The maximum atomic E-state index is 12.1. The highest BCUT2D eigenvalue weighted by Gasteiger charge is 2.26. The first-order chi connectivity index (χ1) is 9.65. The van der Waals surface area contributed by atoms with Crippen molar-refractivity contribution in [2.75, 3.05) is 39.4 Å². The molecule has 7 heteroatoms. The molecule has 0 aromatic carbocycles. The van der Waals surface area contributed by atoms with Crippen LogP contribution in [0.25, 0.3) is 0 Å². The summed E-state index contributed by atoms with van der Waals surface area (Å²) in [5, 5.41) is 12.0. The molecule has 0 bridgehead atoms. The van der Waals surface area contributed by atoms with Crippen molar-refractivity contribution in [3.63, 3.8) is 0 Å². The number of carboxylic acids is 1. The van der Waals surface area contributed by atoms with Gasteiger partial charge in [-0.3, -0.25) is 9.59 Å². The molecule has 1 amide bonds. The Balaban J connectivity index is 1.72. The van der Waals surface area contributed by atoms with Crippen LogP contribution >= 0.6 is 0 Å². The highest BCUT2D eigenvalue weighted by Crippen LogP contribution is 2.11. The van der Waals surface area contributed by atoms with E-state index in [1.54, 1.807) is 4.90 Å². The number of carboxylic acid groups (broad SMARTS) is 1. The van der Waals surface area contributed by atoms with Gasteiger partial charge < -0.3 is 24.8 Å². The number of ether oxygens (including phenoxy) is 2. The highest BCUT2D eigenvalue weighted by atomic mass is 16.5. The average Bonchev–Trinajstić information content (AvgIpc) is 2.45. The highest BCUT2D eigenvalue weighted by molar-refractivity contribution is 5.77. The molecule has 0 aliphatic carbocycles. The molecule has 0 saturated carbocycles. The quantitative estimate of drug-likeness (QED) is 0.705. The van der Waals surface area contributed by atoms with Gasteiger partial charge in [0, 0.05) is 13.1 Å². The number of hydrogen-bond donors (Lipinski definition) is 2. The minimum absolute atomic E-state index is 0.0705. The summed E-state index contributed by atoms with van der Waals surface area (Å²) in [6.45, 7) is 3.15. The van der Waals surface area contributed by atoms with Crippen LogP contribution in [-0.2, 0) is 19.1 Å². The van der Waals surface area contributed by atoms with Crippen molar-refractivity contribution < 1.29 is 24.2 Å². The van der Waals surface area contributed by atoms with Gasteiger partial charge in [-0.15, -0.1) is 0 Å². The van der Waals surface area contributed by atoms with E-state index in [0.29, 0.717) is 19.7 Å². The van der Waals surface area contributed by atoms with Gasteiger partial charge in [-0.25, -0.2) is 0 Å². The summed E-state index contributed by atoms with van der Waals surface area (Å²) >= 11 is 0. The predicted molar refractivity (Wildman–Crippen MR) is 70.4 cm³/mol. The molecule has 7 nitrogen and oxygen atoms in total. The maximum absolute atomic E-state index is 12.1. The van der Waals surface area contributed by atoms with E-state index >= 15 is 0 Å². The third kappa shape index (κ3) is 4.73. The molecule has 0 spiro atoms. The van der Waals surface area contributed by atoms with E-state index in [1.165, 1.54) is 0 Å². The Morgan fingerprint density at radius 1 is 1.35 bits per heavy atom. The molecule has 2 fully saturated rings. The number of piperidine rings is 1. The van der Waals surface area contributed by atoms with Crippen LogP contribution in [0.3, 0.4) is 0 Å². The first kappa shape index (κ1) is 15.2. The Bertz CT molecular complexity index is 344. The number of nitrogens with one attached hydrogen (secondary N) is 1. The zero-order valence-electron chi connectivity index (χ0n) is 11.5. The zero-order chi connectivity index (χ0) is 14.4. The topological polar surface area (TPSA) is 88.1 Å². The number of rotatable bonds is 5. The van der Waals surface area contributed by atoms with Crippen LogP contribution in [0, 0.1) is 0 Å². The van der Waals surface area contributed by atoms with E-state index in [9.17, 15) is 9.59 Å². The Morgan fingerprint density at radius 2 is 2.10 bits per heavy atom. The summed E-state index contributed by atoms with van der Waals surface area (Å²) < 4.78 is 11.0. The van der Waals surface area contributed by atoms with Crippen molar-refractivity contribution in [2.45, 2.75) is 31.5 Å². The molecular formula is C13H22N2O5. The van der Waals surface area contributed by atoms with Crippen LogP contribution in [0.5, 0.6) is 0 Å². The second-order valence-corrected chi connectivity index (χ2v) is 5.19. The molecule has 1 atom stereocenters. The van der Waals surface area contributed by atoms with Crippen molar-refractivity contribution >= 4 is 11.9 Å². The Morgan fingerprint density at radius 3 is 2.80 bits per heavy atom. The van der Waals surface area contributed by atoms with Gasteiger partial charge in [0.2, 0.25) is 5.91 Å². The Labute approximate surface area is 118 Å². The van der Waals surface area contributed by atoms with Crippen LogP contribution in [-0.4, -0.2) is 73.5 Å². The van der Waals surface area contributed by atoms with Crippen LogP contribution < -0.4 is 5.32 Å². The van der Waals surface area contributed by atoms with E-state index in [-0.39, 0.29) is 25.0 Å². The summed E-state index contributed by atoms with van der Waals surface area (Å²) in [5.41, 5.74) is 0. The van der Waals surface area contributed by atoms with Crippen molar-refractivity contribution in [2.24, 2.45) is 0 Å². The third-order valence-corrected chi connectivity index (χ3v) is 3.62. The first-order valence-corrected chi connectivity index (χ1v) is 7.08. The SMILES string of the molecule is O=C(O)CC1CN(C(=O)COC2CCNCC2)CCO1.